The van der Waals surface area contributed by atoms with E-state index in [0.717, 1.165) is 10.6 Å². The van der Waals surface area contributed by atoms with Crippen molar-refractivity contribution in [2.24, 2.45) is 0 Å². The van der Waals surface area contributed by atoms with Crippen LogP contribution in [-0.2, 0) is 4.79 Å². The van der Waals surface area contributed by atoms with Gasteiger partial charge in [-0.1, -0.05) is 17.7 Å². The van der Waals surface area contributed by atoms with Crippen LogP contribution in [0.15, 0.2) is 47.2 Å². The van der Waals surface area contributed by atoms with Gasteiger partial charge in [-0.15, -0.1) is 22.7 Å². The van der Waals surface area contributed by atoms with Gasteiger partial charge in [0.25, 0.3) is 0 Å². The van der Waals surface area contributed by atoms with Crippen LogP contribution in [0.3, 0.4) is 0 Å². The average molecular weight is 365 g/mol. The molecular weight excluding hydrogens is 352 g/mol. The van der Waals surface area contributed by atoms with Crippen molar-refractivity contribution in [1.82, 2.24) is 4.98 Å². The highest BCUT2D eigenvalue weighted by Gasteiger charge is 2.09. The fourth-order valence-electron chi connectivity index (χ4n) is 1.84. The summed E-state index contributed by atoms with van der Waals surface area (Å²) in [7, 11) is 0. The molecule has 2 aromatic heterocycles. The first-order valence-electron chi connectivity index (χ1n) is 6.88. The number of thiophene rings is 1. The van der Waals surface area contributed by atoms with Crippen LogP contribution >= 0.6 is 34.3 Å². The van der Waals surface area contributed by atoms with Crippen LogP contribution in [-0.4, -0.2) is 17.5 Å². The number of amides is 1. The van der Waals surface area contributed by atoms with E-state index >= 15 is 0 Å². The highest BCUT2D eigenvalue weighted by molar-refractivity contribution is 7.16. The lowest BCUT2D eigenvalue weighted by atomic mass is 10.3. The minimum absolute atomic E-state index is 0.119. The van der Waals surface area contributed by atoms with Gasteiger partial charge in [0.2, 0.25) is 5.91 Å². The summed E-state index contributed by atoms with van der Waals surface area (Å²) >= 11 is 8.84. The van der Waals surface area contributed by atoms with E-state index in [9.17, 15) is 4.79 Å². The maximum atomic E-state index is 11.9. The first-order chi connectivity index (χ1) is 11.2. The van der Waals surface area contributed by atoms with Gasteiger partial charge in [-0.05, 0) is 35.7 Å². The third kappa shape index (κ3) is 4.54. The van der Waals surface area contributed by atoms with E-state index < -0.39 is 0 Å². The summed E-state index contributed by atoms with van der Waals surface area (Å²) in [4.78, 5) is 17.4. The molecule has 0 bridgehead atoms. The molecular formula is C16H13ClN2O2S2. The first kappa shape index (κ1) is 16.0. The van der Waals surface area contributed by atoms with Gasteiger partial charge >= 0.3 is 0 Å². The van der Waals surface area contributed by atoms with Gasteiger partial charge in [-0.3, -0.25) is 4.79 Å². The lowest BCUT2D eigenvalue weighted by Crippen LogP contribution is -2.15. The van der Waals surface area contributed by atoms with E-state index in [1.165, 1.54) is 11.3 Å². The quantitative estimate of drug-likeness (QED) is 0.674. The largest absolute Gasteiger partial charge is 0.493 e. The third-order valence-corrected chi connectivity index (χ3v) is 4.84. The number of aromatic nitrogens is 1. The molecule has 0 spiro atoms. The van der Waals surface area contributed by atoms with Gasteiger partial charge < -0.3 is 10.1 Å². The first-order valence-corrected chi connectivity index (χ1v) is 9.02. The van der Waals surface area contributed by atoms with Crippen LogP contribution in [0, 0.1) is 0 Å². The number of nitrogens with one attached hydrogen (secondary N) is 1. The Morgan fingerprint density at radius 1 is 1.22 bits per heavy atom. The van der Waals surface area contributed by atoms with Gasteiger partial charge in [0.1, 0.15) is 5.75 Å². The predicted octanol–water partition coefficient (Wildman–Crippen LogP) is 4.93. The molecule has 3 rings (SSSR count). The summed E-state index contributed by atoms with van der Waals surface area (Å²) in [6.45, 7) is 0.302. The van der Waals surface area contributed by atoms with Crippen molar-refractivity contribution in [1.29, 1.82) is 0 Å². The maximum Gasteiger partial charge on any atom is 0.229 e. The van der Waals surface area contributed by atoms with Gasteiger partial charge in [-0.2, -0.15) is 0 Å². The molecule has 0 aliphatic heterocycles. The van der Waals surface area contributed by atoms with Crippen molar-refractivity contribution in [2.45, 2.75) is 6.42 Å². The lowest BCUT2D eigenvalue weighted by Gasteiger charge is -2.05. The van der Waals surface area contributed by atoms with Gasteiger partial charge in [-0.25, -0.2) is 4.98 Å². The monoisotopic (exact) mass is 364 g/mol. The molecule has 0 atom stereocenters. The number of rotatable bonds is 6. The van der Waals surface area contributed by atoms with Crippen LogP contribution in [0.4, 0.5) is 5.13 Å². The van der Waals surface area contributed by atoms with Crippen LogP contribution in [0.5, 0.6) is 5.75 Å². The molecule has 0 saturated heterocycles. The number of ether oxygens (including phenoxy) is 1. The van der Waals surface area contributed by atoms with E-state index in [1.807, 2.05) is 22.9 Å². The zero-order valence-corrected chi connectivity index (χ0v) is 14.4. The SMILES string of the molecule is O=C(CCOc1ccc(Cl)cc1)Nc1nc(-c2cccs2)cs1. The van der Waals surface area contributed by atoms with Gasteiger partial charge in [0.15, 0.2) is 5.13 Å². The Bertz CT molecular complexity index is 770. The minimum atomic E-state index is -0.119. The van der Waals surface area contributed by atoms with E-state index in [2.05, 4.69) is 10.3 Å². The fraction of sp³-hybridized carbons (Fsp3) is 0.125. The Kier molecular flexibility index (Phi) is 5.27. The normalized spacial score (nSPS) is 10.5. The number of hydrogen-bond donors (Lipinski definition) is 1. The lowest BCUT2D eigenvalue weighted by molar-refractivity contribution is -0.116. The molecule has 4 nitrogen and oxygen atoms in total. The molecule has 0 aliphatic carbocycles. The van der Waals surface area contributed by atoms with Crippen LogP contribution in [0.25, 0.3) is 10.6 Å². The van der Waals surface area contributed by atoms with Crippen LogP contribution < -0.4 is 10.1 Å². The van der Waals surface area contributed by atoms with Gasteiger partial charge in [0, 0.05) is 10.4 Å². The predicted molar refractivity (Wildman–Crippen MR) is 95.6 cm³/mol. The van der Waals surface area contributed by atoms with Crippen LogP contribution in [0.1, 0.15) is 6.42 Å². The Morgan fingerprint density at radius 2 is 2.04 bits per heavy atom. The number of anilines is 1. The fourth-order valence-corrected chi connectivity index (χ4v) is 3.46. The number of halogens is 1. The zero-order valence-electron chi connectivity index (χ0n) is 12.0. The maximum absolute atomic E-state index is 11.9. The highest BCUT2D eigenvalue weighted by atomic mass is 35.5. The summed E-state index contributed by atoms with van der Waals surface area (Å²) in [6.07, 6.45) is 0.260. The summed E-state index contributed by atoms with van der Waals surface area (Å²) in [6, 6.07) is 11.0. The number of hydrogen-bond acceptors (Lipinski definition) is 5. The summed E-state index contributed by atoms with van der Waals surface area (Å²) in [5.41, 5.74) is 0.887. The molecule has 7 heteroatoms. The smallest absolute Gasteiger partial charge is 0.229 e. The van der Waals surface area contributed by atoms with Gasteiger partial charge in [0.05, 0.1) is 23.6 Å². The Hall–Kier alpha value is -1.89. The Morgan fingerprint density at radius 3 is 2.78 bits per heavy atom. The second kappa shape index (κ2) is 7.59. The summed E-state index contributed by atoms with van der Waals surface area (Å²) < 4.78 is 5.50. The molecule has 1 aromatic carbocycles. The molecule has 118 valence electrons. The molecule has 2 heterocycles. The Balaban J connectivity index is 1.47. The molecule has 3 aromatic rings. The molecule has 0 saturated carbocycles. The molecule has 1 N–H and O–H groups in total. The number of carbonyl (C=O) groups excluding carboxylic acids is 1. The molecule has 23 heavy (non-hydrogen) atoms. The standard InChI is InChI=1S/C16H13ClN2O2S2/c17-11-3-5-12(6-4-11)21-8-7-15(20)19-16-18-13(10-23-16)14-2-1-9-22-14/h1-6,9-10H,7-8H2,(H,18,19,20). The third-order valence-electron chi connectivity index (χ3n) is 2.94. The van der Waals surface area contributed by atoms with E-state index in [4.69, 9.17) is 16.3 Å². The van der Waals surface area contributed by atoms with E-state index in [0.29, 0.717) is 22.5 Å². The van der Waals surface area contributed by atoms with E-state index in [-0.39, 0.29) is 12.3 Å². The topological polar surface area (TPSA) is 51.2 Å². The highest BCUT2D eigenvalue weighted by Crippen LogP contribution is 2.28. The average Bonchev–Trinajstić information content (AvgIpc) is 3.20. The number of thiazole rings is 1. The summed E-state index contributed by atoms with van der Waals surface area (Å²) in [5, 5.41) is 7.98. The zero-order chi connectivity index (χ0) is 16.1. The number of benzene rings is 1. The van der Waals surface area contributed by atoms with E-state index in [1.54, 1.807) is 35.6 Å². The Labute approximate surface area is 146 Å². The van der Waals surface area contributed by atoms with Crippen molar-refractivity contribution in [3.63, 3.8) is 0 Å². The molecule has 0 unspecified atom stereocenters. The molecule has 0 fully saturated rings. The van der Waals surface area contributed by atoms with Crippen molar-refractivity contribution in [2.75, 3.05) is 11.9 Å². The van der Waals surface area contributed by atoms with Crippen LogP contribution in [0.2, 0.25) is 5.02 Å². The van der Waals surface area contributed by atoms with Crippen molar-refractivity contribution in [3.05, 3.63) is 52.2 Å². The molecule has 0 radical (unpaired) electrons. The van der Waals surface area contributed by atoms with Crippen molar-refractivity contribution < 1.29 is 9.53 Å². The number of carbonyl (C=O) groups is 1. The van der Waals surface area contributed by atoms with Crippen molar-refractivity contribution >= 4 is 45.3 Å². The molecule has 1 amide bonds. The second-order valence-electron chi connectivity index (χ2n) is 4.62. The summed E-state index contributed by atoms with van der Waals surface area (Å²) in [5.74, 6) is 0.572. The minimum Gasteiger partial charge on any atom is -0.493 e. The number of nitrogens with zero attached hydrogens (tertiary/aromatic N) is 1. The van der Waals surface area contributed by atoms with Crippen molar-refractivity contribution in [3.8, 4) is 16.3 Å². The second-order valence-corrected chi connectivity index (χ2v) is 6.86. The molecule has 0 aliphatic rings.